The average Bonchev–Trinajstić information content (AvgIpc) is 2.74. The van der Waals surface area contributed by atoms with Gasteiger partial charge in [0.25, 0.3) is 0 Å². The molecule has 1 amide bonds. The lowest BCUT2D eigenvalue weighted by atomic mass is 10.3. The molecule has 0 spiro atoms. The maximum Gasteiger partial charge on any atom is 0.244 e. The van der Waals surface area contributed by atoms with Crippen molar-refractivity contribution in [1.29, 1.82) is 5.26 Å². The van der Waals surface area contributed by atoms with Gasteiger partial charge in [-0.05, 0) is 24.3 Å². The van der Waals surface area contributed by atoms with Gasteiger partial charge in [0.05, 0.1) is 24.1 Å². The minimum atomic E-state index is -3.56. The summed E-state index contributed by atoms with van der Waals surface area (Å²) >= 11 is 1.37. The molecule has 0 saturated carbocycles. The van der Waals surface area contributed by atoms with E-state index >= 15 is 0 Å². The Labute approximate surface area is 174 Å². The van der Waals surface area contributed by atoms with E-state index in [9.17, 15) is 13.2 Å². The van der Waals surface area contributed by atoms with Gasteiger partial charge in [-0.1, -0.05) is 12.1 Å². The Morgan fingerprint density at radius 1 is 1.17 bits per heavy atom. The van der Waals surface area contributed by atoms with Crippen LogP contribution in [-0.2, 0) is 14.8 Å². The Hall–Kier alpha value is -2.45. The van der Waals surface area contributed by atoms with Gasteiger partial charge >= 0.3 is 0 Å². The maximum absolute atomic E-state index is 12.6. The fourth-order valence-electron chi connectivity index (χ4n) is 2.98. The van der Waals surface area contributed by atoms with Crippen LogP contribution in [-0.4, -0.2) is 67.0 Å². The number of thioether (sulfide) groups is 1. The molecule has 0 bridgehead atoms. The number of carbonyl (C=O) groups excluding carboxylic acids is 1. The van der Waals surface area contributed by atoms with Gasteiger partial charge in [0, 0.05) is 43.5 Å². The molecule has 2 aromatic rings. The highest BCUT2D eigenvalue weighted by atomic mass is 32.2. The van der Waals surface area contributed by atoms with Gasteiger partial charge < -0.3 is 5.32 Å². The molecule has 0 radical (unpaired) electrons. The van der Waals surface area contributed by atoms with Crippen LogP contribution in [0.5, 0.6) is 0 Å². The van der Waals surface area contributed by atoms with Crippen molar-refractivity contribution in [2.75, 3.05) is 43.8 Å². The number of carbonyl (C=O) groups is 1. The Morgan fingerprint density at radius 3 is 2.62 bits per heavy atom. The van der Waals surface area contributed by atoms with Crippen LogP contribution in [0.3, 0.4) is 0 Å². The van der Waals surface area contributed by atoms with E-state index in [0.717, 1.165) is 4.90 Å². The van der Waals surface area contributed by atoms with Crippen LogP contribution in [0.4, 0.5) is 5.69 Å². The van der Waals surface area contributed by atoms with Crippen LogP contribution < -0.4 is 5.32 Å². The summed E-state index contributed by atoms with van der Waals surface area (Å²) in [5.41, 5.74) is 0.676. The number of sulfonamides is 1. The fourth-order valence-corrected chi connectivity index (χ4v) is 5.03. The number of pyridine rings is 1. The quantitative estimate of drug-likeness (QED) is 0.664. The summed E-state index contributed by atoms with van der Waals surface area (Å²) in [5, 5.41) is 11.6. The molecule has 152 valence electrons. The van der Waals surface area contributed by atoms with Crippen molar-refractivity contribution in [2.45, 2.75) is 9.79 Å². The summed E-state index contributed by atoms with van der Waals surface area (Å²) < 4.78 is 26.7. The zero-order valence-electron chi connectivity index (χ0n) is 15.7. The van der Waals surface area contributed by atoms with E-state index < -0.39 is 10.0 Å². The summed E-state index contributed by atoms with van der Waals surface area (Å²) in [4.78, 5) is 19.3. The first-order chi connectivity index (χ1) is 14.0. The third kappa shape index (κ3) is 5.55. The summed E-state index contributed by atoms with van der Waals surface area (Å²) in [5.74, 6) is 0.138. The van der Waals surface area contributed by atoms with Crippen LogP contribution in [0.1, 0.15) is 0 Å². The molecular formula is C19H21N5O3S2. The molecule has 0 atom stereocenters. The third-order valence-electron chi connectivity index (χ3n) is 4.42. The summed E-state index contributed by atoms with van der Waals surface area (Å²) in [6.07, 6.45) is 2.88. The van der Waals surface area contributed by atoms with Crippen LogP contribution in [0.15, 0.2) is 58.6 Å². The second kappa shape index (κ2) is 9.84. The summed E-state index contributed by atoms with van der Waals surface area (Å²) in [6.45, 7) is 1.76. The molecule has 1 aliphatic heterocycles. The number of hydrogen-bond acceptors (Lipinski definition) is 7. The Bertz CT molecular complexity index is 984. The van der Waals surface area contributed by atoms with Gasteiger partial charge in [-0.25, -0.2) is 8.42 Å². The smallest absolute Gasteiger partial charge is 0.244 e. The molecule has 3 rings (SSSR count). The van der Waals surface area contributed by atoms with Crippen molar-refractivity contribution < 1.29 is 13.2 Å². The summed E-state index contributed by atoms with van der Waals surface area (Å²) in [7, 11) is -3.56. The lowest BCUT2D eigenvalue weighted by Gasteiger charge is -2.33. The number of nitriles is 1. The van der Waals surface area contributed by atoms with Crippen molar-refractivity contribution in [3.05, 3.63) is 48.8 Å². The predicted molar refractivity (Wildman–Crippen MR) is 111 cm³/mol. The fraction of sp³-hybridized carbons (Fsp3) is 0.316. The molecule has 2 heterocycles. The molecule has 10 heteroatoms. The number of rotatable bonds is 7. The monoisotopic (exact) mass is 431 g/mol. The van der Waals surface area contributed by atoms with Gasteiger partial charge in [-0.2, -0.15) is 9.57 Å². The number of para-hydroxylation sites is 1. The SMILES string of the molecule is N#CCSc1ccccc1NC(=O)CN1CCN(S(=O)(=O)c2cccnc2)CC1. The lowest BCUT2D eigenvalue weighted by Crippen LogP contribution is -2.50. The lowest BCUT2D eigenvalue weighted by molar-refractivity contribution is -0.117. The number of amides is 1. The van der Waals surface area contributed by atoms with Gasteiger partial charge in [-0.3, -0.25) is 14.7 Å². The van der Waals surface area contributed by atoms with E-state index in [1.165, 1.54) is 34.5 Å². The highest BCUT2D eigenvalue weighted by molar-refractivity contribution is 7.99. The number of piperazine rings is 1. The first-order valence-corrected chi connectivity index (χ1v) is 11.4. The largest absolute Gasteiger partial charge is 0.324 e. The van der Waals surface area contributed by atoms with Gasteiger partial charge in [0.1, 0.15) is 4.90 Å². The maximum atomic E-state index is 12.6. The molecule has 1 aromatic carbocycles. The predicted octanol–water partition coefficient (Wildman–Crippen LogP) is 1.64. The second-order valence-corrected chi connectivity index (χ2v) is 9.32. The number of nitrogens with one attached hydrogen (secondary N) is 1. The minimum absolute atomic E-state index is 0.168. The van der Waals surface area contributed by atoms with Gasteiger partial charge in [-0.15, -0.1) is 11.8 Å². The molecule has 0 aliphatic carbocycles. The number of anilines is 1. The standard InChI is InChI=1S/C19H21N5O3S2/c20-7-13-28-18-6-2-1-5-17(18)22-19(25)15-23-9-11-24(12-10-23)29(26,27)16-4-3-8-21-14-16/h1-6,8,14H,9-13,15H2,(H,22,25). The van der Waals surface area contributed by atoms with Crippen LogP contribution in [0.2, 0.25) is 0 Å². The molecule has 8 nitrogen and oxygen atoms in total. The Kier molecular flexibility index (Phi) is 7.22. The highest BCUT2D eigenvalue weighted by Gasteiger charge is 2.29. The van der Waals surface area contributed by atoms with E-state index in [0.29, 0.717) is 37.6 Å². The molecule has 1 saturated heterocycles. The number of hydrogen-bond donors (Lipinski definition) is 1. The second-order valence-electron chi connectivity index (χ2n) is 6.36. The number of benzene rings is 1. The first kappa shape index (κ1) is 21.3. The van der Waals surface area contributed by atoms with E-state index in [4.69, 9.17) is 5.26 Å². The van der Waals surface area contributed by atoms with Crippen LogP contribution >= 0.6 is 11.8 Å². The van der Waals surface area contributed by atoms with Crippen molar-refractivity contribution in [2.24, 2.45) is 0 Å². The van der Waals surface area contributed by atoms with Crippen molar-refractivity contribution in [1.82, 2.24) is 14.2 Å². The van der Waals surface area contributed by atoms with Gasteiger partial charge in [0.15, 0.2) is 0 Å². The third-order valence-corrected chi connectivity index (χ3v) is 7.25. The van der Waals surface area contributed by atoms with Gasteiger partial charge in [0.2, 0.25) is 15.9 Å². The highest BCUT2D eigenvalue weighted by Crippen LogP contribution is 2.26. The van der Waals surface area contributed by atoms with E-state index in [1.54, 1.807) is 12.1 Å². The average molecular weight is 432 g/mol. The molecular weight excluding hydrogens is 410 g/mol. The van der Waals surface area contributed by atoms with E-state index in [-0.39, 0.29) is 17.3 Å². The molecule has 1 aromatic heterocycles. The Morgan fingerprint density at radius 2 is 1.93 bits per heavy atom. The van der Waals surface area contributed by atoms with Crippen molar-refractivity contribution in [3.63, 3.8) is 0 Å². The molecule has 1 fully saturated rings. The van der Waals surface area contributed by atoms with Crippen molar-refractivity contribution >= 4 is 33.4 Å². The molecule has 0 unspecified atom stereocenters. The topological polar surface area (TPSA) is 106 Å². The Balaban J connectivity index is 1.54. The normalized spacial score (nSPS) is 15.6. The molecule has 1 N–H and O–H groups in total. The zero-order valence-corrected chi connectivity index (χ0v) is 17.3. The van der Waals surface area contributed by atoms with Crippen molar-refractivity contribution in [3.8, 4) is 6.07 Å². The van der Waals surface area contributed by atoms with Crippen LogP contribution in [0, 0.1) is 11.3 Å². The van der Waals surface area contributed by atoms with E-state index in [2.05, 4.69) is 16.4 Å². The van der Waals surface area contributed by atoms with Crippen LogP contribution in [0.25, 0.3) is 0 Å². The zero-order chi connectivity index (χ0) is 20.7. The number of nitrogens with zero attached hydrogens (tertiary/aromatic N) is 4. The molecule has 29 heavy (non-hydrogen) atoms. The minimum Gasteiger partial charge on any atom is -0.324 e. The molecule has 1 aliphatic rings. The number of aromatic nitrogens is 1. The van der Waals surface area contributed by atoms with E-state index in [1.807, 2.05) is 23.1 Å². The first-order valence-electron chi connectivity index (χ1n) is 9.02. The summed E-state index contributed by atoms with van der Waals surface area (Å²) in [6, 6.07) is 12.6.